The summed E-state index contributed by atoms with van der Waals surface area (Å²) in [5.41, 5.74) is 0.203. The van der Waals surface area contributed by atoms with E-state index in [-0.39, 0.29) is 27.5 Å². The standard InChI is InChI=1S/C16H10ClN3O5/c17-13-5-4-12(7-14(13)20(23)24)19-15(21)9-25-16(22)11-3-1-2-10(6-11)8-18/h1-7H,9H2,(H,19,21). The molecular formula is C16H10ClN3O5. The molecule has 0 unspecified atom stereocenters. The Labute approximate surface area is 146 Å². The van der Waals surface area contributed by atoms with Crippen LogP contribution in [0, 0.1) is 21.4 Å². The van der Waals surface area contributed by atoms with Crippen LogP contribution in [0.2, 0.25) is 5.02 Å². The van der Waals surface area contributed by atoms with Gasteiger partial charge in [0, 0.05) is 11.8 Å². The largest absolute Gasteiger partial charge is 0.452 e. The number of halogens is 1. The van der Waals surface area contributed by atoms with Gasteiger partial charge in [0.25, 0.3) is 11.6 Å². The minimum atomic E-state index is -0.769. The predicted molar refractivity (Wildman–Crippen MR) is 88.2 cm³/mol. The van der Waals surface area contributed by atoms with E-state index in [1.165, 1.54) is 36.4 Å². The van der Waals surface area contributed by atoms with Crippen molar-refractivity contribution in [1.29, 1.82) is 5.26 Å². The van der Waals surface area contributed by atoms with Crippen molar-refractivity contribution in [3.63, 3.8) is 0 Å². The van der Waals surface area contributed by atoms with E-state index in [2.05, 4.69) is 5.32 Å². The molecular weight excluding hydrogens is 350 g/mol. The fraction of sp³-hybridized carbons (Fsp3) is 0.0625. The average molecular weight is 360 g/mol. The maximum atomic E-state index is 11.8. The van der Waals surface area contributed by atoms with E-state index in [1.807, 2.05) is 6.07 Å². The van der Waals surface area contributed by atoms with E-state index in [4.69, 9.17) is 21.6 Å². The molecule has 2 aromatic carbocycles. The molecule has 0 aliphatic carbocycles. The van der Waals surface area contributed by atoms with Crippen LogP contribution in [0.25, 0.3) is 0 Å². The summed E-state index contributed by atoms with van der Waals surface area (Å²) in [6.07, 6.45) is 0. The van der Waals surface area contributed by atoms with Crippen molar-refractivity contribution >= 4 is 34.9 Å². The molecule has 8 nitrogen and oxygen atoms in total. The van der Waals surface area contributed by atoms with E-state index in [0.29, 0.717) is 0 Å². The number of hydrogen-bond donors (Lipinski definition) is 1. The highest BCUT2D eigenvalue weighted by Gasteiger charge is 2.15. The highest BCUT2D eigenvalue weighted by Crippen LogP contribution is 2.27. The van der Waals surface area contributed by atoms with Gasteiger partial charge >= 0.3 is 5.97 Å². The van der Waals surface area contributed by atoms with Crippen molar-refractivity contribution < 1.29 is 19.2 Å². The molecule has 0 radical (unpaired) electrons. The molecule has 0 bridgehead atoms. The topological polar surface area (TPSA) is 122 Å². The van der Waals surface area contributed by atoms with Crippen LogP contribution in [-0.4, -0.2) is 23.4 Å². The van der Waals surface area contributed by atoms with Crippen LogP contribution < -0.4 is 5.32 Å². The Morgan fingerprint density at radius 2 is 2.04 bits per heavy atom. The van der Waals surface area contributed by atoms with Gasteiger partial charge in [-0.25, -0.2) is 4.79 Å². The molecule has 0 aliphatic heterocycles. The lowest BCUT2D eigenvalue weighted by Gasteiger charge is -2.07. The molecule has 0 fully saturated rings. The smallest absolute Gasteiger partial charge is 0.338 e. The highest BCUT2D eigenvalue weighted by atomic mass is 35.5. The van der Waals surface area contributed by atoms with Gasteiger partial charge in [-0.15, -0.1) is 0 Å². The number of nitro benzene ring substituents is 1. The van der Waals surface area contributed by atoms with Crippen LogP contribution in [0.5, 0.6) is 0 Å². The Balaban J connectivity index is 1.97. The van der Waals surface area contributed by atoms with Gasteiger partial charge in [-0.2, -0.15) is 5.26 Å². The molecule has 25 heavy (non-hydrogen) atoms. The Bertz CT molecular complexity index is 892. The molecule has 1 N–H and O–H groups in total. The maximum Gasteiger partial charge on any atom is 0.338 e. The number of nitrogens with zero attached hydrogens (tertiary/aromatic N) is 2. The molecule has 0 atom stereocenters. The van der Waals surface area contributed by atoms with Crippen molar-refractivity contribution in [3.05, 3.63) is 68.7 Å². The molecule has 0 heterocycles. The normalized spacial score (nSPS) is 9.76. The molecule has 0 spiro atoms. The molecule has 0 aromatic heterocycles. The molecule has 1 amide bonds. The van der Waals surface area contributed by atoms with E-state index < -0.39 is 23.4 Å². The minimum Gasteiger partial charge on any atom is -0.452 e. The van der Waals surface area contributed by atoms with Crippen molar-refractivity contribution in [2.75, 3.05) is 11.9 Å². The number of ether oxygens (including phenoxy) is 1. The first-order valence-corrected chi connectivity index (χ1v) is 7.19. The number of carbonyl (C=O) groups is 2. The number of nitro groups is 1. The van der Waals surface area contributed by atoms with Gasteiger partial charge < -0.3 is 10.1 Å². The Morgan fingerprint density at radius 3 is 2.72 bits per heavy atom. The summed E-state index contributed by atoms with van der Waals surface area (Å²) in [5, 5.41) is 21.9. The number of esters is 1. The predicted octanol–water partition coefficient (Wildman–Crippen LogP) is 2.92. The fourth-order valence-corrected chi connectivity index (χ4v) is 2.04. The summed E-state index contributed by atoms with van der Waals surface area (Å²) < 4.78 is 4.84. The first-order valence-electron chi connectivity index (χ1n) is 6.82. The van der Waals surface area contributed by atoms with Gasteiger partial charge in [0.1, 0.15) is 5.02 Å². The number of hydrogen-bond acceptors (Lipinski definition) is 6. The molecule has 0 aliphatic rings. The number of nitrogens with one attached hydrogen (secondary N) is 1. The van der Waals surface area contributed by atoms with Crippen LogP contribution in [0.1, 0.15) is 15.9 Å². The molecule has 2 aromatic rings. The summed E-state index contributed by atoms with van der Waals surface area (Å²) in [7, 11) is 0. The second kappa shape index (κ2) is 7.90. The van der Waals surface area contributed by atoms with E-state index in [9.17, 15) is 19.7 Å². The van der Waals surface area contributed by atoms with Crippen molar-refractivity contribution in [3.8, 4) is 6.07 Å². The minimum absolute atomic E-state index is 0.0631. The van der Waals surface area contributed by atoms with Crippen LogP contribution in [-0.2, 0) is 9.53 Å². The van der Waals surface area contributed by atoms with Gasteiger partial charge in [0.05, 0.1) is 22.1 Å². The summed E-state index contributed by atoms with van der Waals surface area (Å²) in [4.78, 5) is 33.8. The lowest BCUT2D eigenvalue weighted by atomic mass is 10.1. The second-order valence-corrected chi connectivity index (χ2v) is 5.15. The third kappa shape index (κ3) is 4.76. The molecule has 2 rings (SSSR count). The quantitative estimate of drug-likeness (QED) is 0.497. The van der Waals surface area contributed by atoms with E-state index in [1.54, 1.807) is 0 Å². The van der Waals surface area contributed by atoms with E-state index in [0.717, 1.165) is 6.07 Å². The Hall–Kier alpha value is -3.44. The van der Waals surface area contributed by atoms with E-state index >= 15 is 0 Å². The van der Waals surface area contributed by atoms with Crippen molar-refractivity contribution in [1.82, 2.24) is 0 Å². The van der Waals surface area contributed by atoms with Gasteiger partial charge in [-0.3, -0.25) is 14.9 Å². The number of benzene rings is 2. The highest BCUT2D eigenvalue weighted by molar-refractivity contribution is 6.32. The second-order valence-electron chi connectivity index (χ2n) is 4.74. The average Bonchev–Trinajstić information content (AvgIpc) is 2.61. The van der Waals surface area contributed by atoms with Gasteiger partial charge in [-0.05, 0) is 30.3 Å². The van der Waals surface area contributed by atoms with Crippen LogP contribution >= 0.6 is 11.6 Å². The third-order valence-corrected chi connectivity index (χ3v) is 3.31. The van der Waals surface area contributed by atoms with Crippen molar-refractivity contribution in [2.24, 2.45) is 0 Å². The Kier molecular flexibility index (Phi) is 5.66. The third-order valence-electron chi connectivity index (χ3n) is 2.99. The lowest BCUT2D eigenvalue weighted by molar-refractivity contribution is -0.384. The van der Waals surface area contributed by atoms with Gasteiger partial charge in [0.15, 0.2) is 6.61 Å². The Morgan fingerprint density at radius 1 is 1.28 bits per heavy atom. The first-order chi connectivity index (χ1) is 11.9. The number of amides is 1. The molecule has 126 valence electrons. The monoisotopic (exact) mass is 359 g/mol. The summed E-state index contributed by atoms with van der Waals surface area (Å²) in [6, 6.07) is 11.5. The lowest BCUT2D eigenvalue weighted by Crippen LogP contribution is -2.21. The number of nitriles is 1. The molecule has 0 saturated carbocycles. The SMILES string of the molecule is N#Cc1cccc(C(=O)OCC(=O)Nc2ccc(Cl)c([N+](=O)[O-])c2)c1. The zero-order chi connectivity index (χ0) is 18.4. The summed E-state index contributed by atoms with van der Waals surface area (Å²) in [6.45, 7) is -0.591. The van der Waals surface area contributed by atoms with Gasteiger partial charge in [0.2, 0.25) is 0 Å². The fourth-order valence-electron chi connectivity index (χ4n) is 1.86. The molecule has 9 heteroatoms. The summed E-state index contributed by atoms with van der Waals surface area (Å²) in [5.74, 6) is -1.45. The zero-order valence-corrected chi connectivity index (χ0v) is 13.3. The maximum absolute atomic E-state index is 11.8. The zero-order valence-electron chi connectivity index (χ0n) is 12.6. The molecule has 0 saturated heterocycles. The van der Waals surface area contributed by atoms with Gasteiger partial charge in [-0.1, -0.05) is 17.7 Å². The van der Waals surface area contributed by atoms with Crippen molar-refractivity contribution in [2.45, 2.75) is 0 Å². The first kappa shape index (κ1) is 17.9. The number of carbonyl (C=O) groups excluding carboxylic acids is 2. The number of anilines is 1. The van der Waals surface area contributed by atoms with Crippen LogP contribution in [0.15, 0.2) is 42.5 Å². The summed E-state index contributed by atoms with van der Waals surface area (Å²) >= 11 is 5.68. The van der Waals surface area contributed by atoms with Crippen LogP contribution in [0.3, 0.4) is 0 Å². The number of rotatable bonds is 5. The van der Waals surface area contributed by atoms with Crippen LogP contribution in [0.4, 0.5) is 11.4 Å².